The van der Waals surface area contributed by atoms with E-state index in [0.717, 1.165) is 12.5 Å². The van der Waals surface area contributed by atoms with Crippen LogP contribution in [0, 0.1) is 11.6 Å². The van der Waals surface area contributed by atoms with Crippen molar-refractivity contribution in [3.05, 3.63) is 35.4 Å². The zero-order chi connectivity index (χ0) is 12.0. The molecule has 6 heteroatoms. The number of hydrogen-bond donors (Lipinski definition) is 2. The summed E-state index contributed by atoms with van der Waals surface area (Å²) in [5.74, 6) is -1.70. The van der Waals surface area contributed by atoms with E-state index in [9.17, 15) is 8.78 Å². The lowest BCUT2D eigenvalue weighted by molar-refractivity contribution is -0.180. The Morgan fingerprint density at radius 1 is 1.25 bits per heavy atom. The van der Waals surface area contributed by atoms with Gasteiger partial charge in [-0.1, -0.05) is 6.07 Å². The first kappa shape index (κ1) is 13.2. The van der Waals surface area contributed by atoms with E-state index < -0.39 is 18.1 Å². The number of hydrogen-bond acceptors (Lipinski definition) is 3. The molecule has 0 aromatic heterocycles. The molecular formula is C10H12F2O3Si. The summed E-state index contributed by atoms with van der Waals surface area (Å²) in [5.41, 5.74) is 0.716. The number of aliphatic hydroxyl groups is 2. The van der Waals surface area contributed by atoms with Gasteiger partial charge >= 0.3 is 0 Å². The van der Waals surface area contributed by atoms with Crippen molar-refractivity contribution in [2.45, 2.75) is 25.4 Å². The summed E-state index contributed by atoms with van der Waals surface area (Å²) in [4.78, 5) is 0. The molecular weight excluding hydrogens is 234 g/mol. The second-order valence-electron chi connectivity index (χ2n) is 3.19. The Balaban J connectivity index is 2.24. The van der Waals surface area contributed by atoms with Gasteiger partial charge in [0, 0.05) is 0 Å². The molecule has 0 amide bonds. The van der Waals surface area contributed by atoms with E-state index in [1.165, 1.54) is 12.1 Å². The van der Waals surface area contributed by atoms with Crippen molar-refractivity contribution in [3.8, 4) is 0 Å². The van der Waals surface area contributed by atoms with Crippen LogP contribution in [-0.2, 0) is 10.8 Å². The first-order chi connectivity index (χ1) is 7.59. The van der Waals surface area contributed by atoms with Gasteiger partial charge in [-0.15, -0.1) is 0 Å². The largest absolute Gasteiger partial charge is 0.372 e. The fourth-order valence-corrected chi connectivity index (χ4v) is 1.78. The molecule has 2 radical (unpaired) electrons. The van der Waals surface area contributed by atoms with Crippen LogP contribution in [0.3, 0.4) is 0 Å². The SMILES string of the molecule is OC(O)O[Si]CCCc1ccc(F)c(F)c1. The van der Waals surface area contributed by atoms with E-state index in [4.69, 9.17) is 10.2 Å². The first-order valence-corrected chi connectivity index (χ1v) is 5.89. The zero-order valence-corrected chi connectivity index (χ0v) is 9.49. The van der Waals surface area contributed by atoms with Crippen LogP contribution in [-0.4, -0.2) is 26.5 Å². The van der Waals surface area contributed by atoms with Crippen molar-refractivity contribution in [3.63, 3.8) is 0 Å². The van der Waals surface area contributed by atoms with Gasteiger partial charge in [0.15, 0.2) is 11.6 Å². The quantitative estimate of drug-likeness (QED) is 0.451. The highest BCUT2D eigenvalue weighted by atomic mass is 28.2. The van der Waals surface area contributed by atoms with Crippen molar-refractivity contribution >= 4 is 9.76 Å². The smallest absolute Gasteiger partial charge is 0.256 e. The summed E-state index contributed by atoms with van der Waals surface area (Å²) in [6.45, 7) is -1.73. The molecule has 0 atom stereocenters. The Labute approximate surface area is 94.6 Å². The average Bonchev–Trinajstić information content (AvgIpc) is 2.22. The molecule has 1 aromatic rings. The maximum atomic E-state index is 12.8. The van der Waals surface area contributed by atoms with Crippen molar-refractivity contribution in [2.24, 2.45) is 0 Å². The highest BCUT2D eigenvalue weighted by Gasteiger charge is 2.03. The average molecular weight is 246 g/mol. The predicted octanol–water partition coefficient (Wildman–Crippen LogP) is 1.22. The molecule has 0 saturated carbocycles. The van der Waals surface area contributed by atoms with Crippen LogP contribution in [0.2, 0.25) is 6.04 Å². The lowest BCUT2D eigenvalue weighted by Gasteiger charge is -2.04. The summed E-state index contributed by atoms with van der Waals surface area (Å²) < 4.78 is 29.9. The van der Waals surface area contributed by atoms with Crippen LogP contribution in [0.1, 0.15) is 12.0 Å². The van der Waals surface area contributed by atoms with Gasteiger partial charge in [-0.2, -0.15) is 0 Å². The fraction of sp³-hybridized carbons (Fsp3) is 0.400. The van der Waals surface area contributed by atoms with Crippen LogP contribution in [0.25, 0.3) is 0 Å². The van der Waals surface area contributed by atoms with Gasteiger partial charge < -0.3 is 14.6 Å². The number of halogens is 2. The molecule has 0 saturated heterocycles. The Bertz CT molecular complexity index is 334. The van der Waals surface area contributed by atoms with E-state index in [2.05, 4.69) is 4.43 Å². The number of aliphatic hydroxyl groups excluding tert-OH is 1. The van der Waals surface area contributed by atoms with Crippen LogP contribution in [0.4, 0.5) is 8.78 Å². The van der Waals surface area contributed by atoms with E-state index in [0.29, 0.717) is 18.0 Å². The monoisotopic (exact) mass is 246 g/mol. The maximum absolute atomic E-state index is 12.8. The van der Waals surface area contributed by atoms with Crippen molar-refractivity contribution < 1.29 is 23.4 Å². The minimum absolute atomic E-state index is 0.00863. The summed E-state index contributed by atoms with van der Waals surface area (Å²) in [6, 6.07) is 4.45. The van der Waals surface area contributed by atoms with E-state index >= 15 is 0 Å². The highest BCUT2D eigenvalue weighted by Crippen LogP contribution is 2.11. The molecule has 3 nitrogen and oxygen atoms in total. The minimum atomic E-state index is -1.73. The predicted molar refractivity (Wildman–Crippen MR) is 54.6 cm³/mol. The Morgan fingerprint density at radius 3 is 2.62 bits per heavy atom. The van der Waals surface area contributed by atoms with E-state index in [-0.39, 0.29) is 9.76 Å². The van der Waals surface area contributed by atoms with Crippen molar-refractivity contribution in [2.75, 3.05) is 0 Å². The topological polar surface area (TPSA) is 49.7 Å². The van der Waals surface area contributed by atoms with Gasteiger partial charge in [-0.25, -0.2) is 8.78 Å². The molecule has 2 N–H and O–H groups in total. The normalized spacial score (nSPS) is 11.1. The first-order valence-electron chi connectivity index (χ1n) is 4.78. The summed E-state index contributed by atoms with van der Waals surface area (Å²) in [5, 5.41) is 16.8. The molecule has 0 bridgehead atoms. The Hall–Kier alpha value is -0.823. The van der Waals surface area contributed by atoms with Crippen molar-refractivity contribution in [1.29, 1.82) is 0 Å². The molecule has 16 heavy (non-hydrogen) atoms. The Morgan fingerprint density at radius 2 is 2.00 bits per heavy atom. The second kappa shape index (κ2) is 6.69. The van der Waals surface area contributed by atoms with Gasteiger partial charge in [0.1, 0.15) is 0 Å². The molecule has 1 aromatic carbocycles. The lowest BCUT2D eigenvalue weighted by atomic mass is 10.1. The van der Waals surface area contributed by atoms with E-state index in [1.807, 2.05) is 0 Å². The molecule has 0 spiro atoms. The lowest BCUT2D eigenvalue weighted by Crippen LogP contribution is -2.13. The summed E-state index contributed by atoms with van der Waals surface area (Å²) >= 11 is 0. The van der Waals surface area contributed by atoms with Crippen LogP contribution >= 0.6 is 0 Å². The highest BCUT2D eigenvalue weighted by molar-refractivity contribution is 6.26. The van der Waals surface area contributed by atoms with Gasteiger partial charge in [0.2, 0.25) is 9.76 Å². The molecule has 0 aliphatic carbocycles. The standard InChI is InChI=1S/C10H12F2O3Si/c11-8-4-3-7(6-9(8)12)2-1-5-16-15-10(13)14/h3-4,6,10,13-14H,1-2,5H2. The Kier molecular flexibility index (Phi) is 5.54. The third-order valence-corrected chi connectivity index (χ3v) is 2.85. The number of benzene rings is 1. The maximum Gasteiger partial charge on any atom is 0.256 e. The van der Waals surface area contributed by atoms with Gasteiger partial charge in [0.05, 0.1) is 0 Å². The molecule has 0 heterocycles. The third-order valence-electron chi connectivity index (χ3n) is 1.92. The zero-order valence-electron chi connectivity index (χ0n) is 8.49. The molecule has 1 rings (SSSR count). The van der Waals surface area contributed by atoms with Gasteiger partial charge in [-0.3, -0.25) is 0 Å². The molecule has 0 aliphatic heterocycles. The van der Waals surface area contributed by atoms with E-state index in [1.54, 1.807) is 0 Å². The second-order valence-corrected chi connectivity index (χ2v) is 4.21. The van der Waals surface area contributed by atoms with Crippen LogP contribution < -0.4 is 0 Å². The van der Waals surface area contributed by atoms with Crippen LogP contribution in [0.15, 0.2) is 18.2 Å². The van der Waals surface area contributed by atoms with Gasteiger partial charge in [-0.05, 0) is 36.6 Å². The van der Waals surface area contributed by atoms with Gasteiger partial charge in [0.25, 0.3) is 6.48 Å². The minimum Gasteiger partial charge on any atom is -0.372 e. The third kappa shape index (κ3) is 4.80. The van der Waals surface area contributed by atoms with Crippen LogP contribution in [0.5, 0.6) is 0 Å². The van der Waals surface area contributed by atoms with Crippen molar-refractivity contribution in [1.82, 2.24) is 0 Å². The molecule has 0 unspecified atom stereocenters. The molecule has 88 valence electrons. The molecule has 0 fully saturated rings. The number of aryl methyl sites for hydroxylation is 1. The summed E-state index contributed by atoms with van der Waals surface area (Å²) in [6.07, 6.45) is 1.32. The summed E-state index contributed by atoms with van der Waals surface area (Å²) in [7, 11) is -0.00863. The fourth-order valence-electron chi connectivity index (χ4n) is 1.19. The number of rotatable bonds is 6. The molecule has 0 aliphatic rings.